The van der Waals surface area contributed by atoms with Gasteiger partial charge in [0.25, 0.3) is 11.8 Å². The predicted octanol–water partition coefficient (Wildman–Crippen LogP) is 3.16. The van der Waals surface area contributed by atoms with Crippen LogP contribution in [0.4, 0.5) is 0 Å². The van der Waals surface area contributed by atoms with E-state index < -0.39 is 53.8 Å². The fraction of sp³-hybridized carbons (Fsp3) is 0.510. The Hall–Kier alpha value is -6.76. The molecule has 7 rings (SSSR count). The fourth-order valence-corrected chi connectivity index (χ4v) is 9.50. The lowest BCUT2D eigenvalue weighted by Gasteiger charge is -2.38. The maximum absolute atomic E-state index is 14.5. The molecule has 6 N–H and O–H groups in total. The number of carbonyl (C=O) groups is 7. The molecule has 2 aromatic heterocycles. The topological polar surface area (TPSA) is 260 Å². The Morgan fingerprint density at radius 3 is 2.53 bits per heavy atom. The van der Waals surface area contributed by atoms with Gasteiger partial charge in [-0.3, -0.25) is 33.6 Å². The Balaban J connectivity index is 0.965. The molecule has 2 aromatic carbocycles. The van der Waals surface area contributed by atoms with Gasteiger partial charge in [0.15, 0.2) is 5.76 Å². The lowest BCUT2D eigenvalue weighted by Crippen LogP contribution is -2.61. The molecule has 68 heavy (non-hydrogen) atoms. The zero-order valence-electron chi connectivity index (χ0n) is 39.0. The highest BCUT2D eigenvalue weighted by Gasteiger charge is 2.46. The summed E-state index contributed by atoms with van der Waals surface area (Å²) < 4.78 is 17.8. The molecule has 3 aliphatic heterocycles. The van der Waals surface area contributed by atoms with Crippen molar-refractivity contribution in [2.75, 3.05) is 39.4 Å². The van der Waals surface area contributed by atoms with E-state index >= 15 is 0 Å². The molecule has 5 heterocycles. The molecule has 0 aliphatic carbocycles. The number of nitrogens with zero attached hydrogens (tertiary/aromatic N) is 4. The predicted molar refractivity (Wildman–Crippen MR) is 248 cm³/mol. The Labute approximate surface area is 394 Å². The number of nitrogens with two attached hydrogens (primary N) is 1. The number of aryl methyl sites for hydroxylation is 1. The summed E-state index contributed by atoms with van der Waals surface area (Å²) in [6.45, 7) is 8.59. The summed E-state index contributed by atoms with van der Waals surface area (Å²) in [4.78, 5) is 99.3. The van der Waals surface area contributed by atoms with Crippen LogP contribution >= 0.6 is 0 Å². The van der Waals surface area contributed by atoms with E-state index in [9.17, 15) is 38.7 Å². The fourth-order valence-electron chi connectivity index (χ4n) is 9.50. The Bertz CT molecular complexity index is 2500. The number of fused-ring (bicyclic) bond motifs is 2. The average molecular weight is 939 g/mol. The van der Waals surface area contributed by atoms with Crippen LogP contribution in [0.3, 0.4) is 0 Å². The van der Waals surface area contributed by atoms with Gasteiger partial charge in [0.1, 0.15) is 42.3 Å². The quantitative estimate of drug-likeness (QED) is 0.0671. The minimum absolute atomic E-state index is 0.00826. The van der Waals surface area contributed by atoms with E-state index in [1.165, 1.54) is 16.7 Å². The number of H-pyrrole nitrogens is 1. The number of aromatic nitrogens is 2. The third-order valence-corrected chi connectivity index (χ3v) is 13.3. The van der Waals surface area contributed by atoms with Gasteiger partial charge >= 0.3 is 0 Å². The van der Waals surface area contributed by atoms with Crippen LogP contribution < -0.4 is 25.8 Å². The summed E-state index contributed by atoms with van der Waals surface area (Å²) in [7, 11) is 0. The molecule has 4 aromatic rings. The van der Waals surface area contributed by atoms with Crippen LogP contribution in [-0.2, 0) is 30.4 Å². The summed E-state index contributed by atoms with van der Waals surface area (Å²) in [5, 5.41) is 20.5. The number of rotatable bonds is 19. The molecular formula is C49H62N8O11. The lowest BCUT2D eigenvalue weighted by molar-refractivity contribution is -0.145. The molecule has 6 amide bonds. The van der Waals surface area contributed by atoms with Gasteiger partial charge in [-0.1, -0.05) is 26.0 Å². The molecule has 6 unspecified atom stereocenters. The van der Waals surface area contributed by atoms with Gasteiger partial charge < -0.3 is 55.2 Å². The number of nitrogens with one attached hydrogen (secondary N) is 3. The normalized spacial score (nSPS) is 20.4. The van der Waals surface area contributed by atoms with E-state index in [1.807, 2.05) is 39.0 Å². The Morgan fingerprint density at radius 2 is 1.81 bits per heavy atom. The minimum Gasteiger partial charge on any atom is -0.491 e. The zero-order chi connectivity index (χ0) is 48.6. The van der Waals surface area contributed by atoms with Gasteiger partial charge in [0, 0.05) is 68.1 Å². The van der Waals surface area contributed by atoms with Crippen LogP contribution in [0.2, 0.25) is 0 Å². The first-order chi connectivity index (χ1) is 32.6. The second kappa shape index (κ2) is 21.9. The standard InChI is InChI=1S/C49H62N8O11/c1-28(2)45(49(65)56-19-17-36(60)24-56)42-23-44(54-68-42)66-20-6-8-32-7-5-9-41(29(32)3)67-27-34(11-15-43(50)61)51-47(63)40-14-12-35-16-18-55(30(4)59)25-39(48(64)57(35)40)53-46(62)38-22-33-21-31(26-58)10-13-37(33)52-38/h5,7,9-10,13,21-23,26,28,34-36,39-40,45,52,60H,6,8,11-12,14-20,24-25,27H2,1-4H3,(H2,50,61)(H,51,63)(H,53,62). The van der Waals surface area contributed by atoms with Crippen molar-refractivity contribution < 1.29 is 52.7 Å². The number of aliphatic hydroxyl groups excluding tert-OH is 1. The third-order valence-electron chi connectivity index (χ3n) is 13.3. The molecule has 6 atom stereocenters. The first kappa shape index (κ1) is 49.2. The largest absolute Gasteiger partial charge is 0.491 e. The number of aldehydes is 1. The van der Waals surface area contributed by atoms with E-state index in [0.717, 1.165) is 11.1 Å². The highest BCUT2D eigenvalue weighted by molar-refractivity contribution is 6.02. The second-order valence-electron chi connectivity index (χ2n) is 18.4. The van der Waals surface area contributed by atoms with Crippen LogP contribution in [0.15, 0.2) is 53.1 Å². The smallest absolute Gasteiger partial charge is 0.268 e. The molecule has 0 radical (unpaired) electrons. The van der Waals surface area contributed by atoms with Crippen molar-refractivity contribution in [3.63, 3.8) is 0 Å². The number of hydrogen-bond acceptors (Lipinski definition) is 12. The number of likely N-dealkylation sites (tertiary alicyclic amines) is 1. The zero-order valence-corrected chi connectivity index (χ0v) is 39.0. The monoisotopic (exact) mass is 938 g/mol. The first-order valence-corrected chi connectivity index (χ1v) is 23.4. The van der Waals surface area contributed by atoms with E-state index in [2.05, 4.69) is 20.8 Å². The van der Waals surface area contributed by atoms with Crippen LogP contribution in [0, 0.1) is 12.8 Å². The van der Waals surface area contributed by atoms with Crippen molar-refractivity contribution in [3.8, 4) is 11.6 Å². The van der Waals surface area contributed by atoms with Crippen molar-refractivity contribution in [3.05, 3.63) is 76.7 Å². The van der Waals surface area contributed by atoms with Crippen LogP contribution in [0.1, 0.15) is 109 Å². The molecule has 3 fully saturated rings. The van der Waals surface area contributed by atoms with Crippen molar-refractivity contribution in [2.24, 2.45) is 11.7 Å². The number of carbonyl (C=O) groups excluding carboxylic acids is 7. The minimum atomic E-state index is -1.17. The highest BCUT2D eigenvalue weighted by Crippen LogP contribution is 2.32. The molecular weight excluding hydrogens is 877 g/mol. The maximum atomic E-state index is 14.5. The number of aliphatic hydroxyl groups is 1. The molecule has 364 valence electrons. The van der Waals surface area contributed by atoms with Crippen LogP contribution in [-0.4, -0.2) is 141 Å². The SMILES string of the molecule is CC(=O)N1CCC2CCC(C(=O)NC(CCC(N)=O)COc3cccc(CCCOc4cc(C(C(=O)N5CCC(O)C5)C(C)C)on4)c3C)N2C(=O)C(NC(=O)c2cc3cc(C=O)ccc3[nH]2)C1. The van der Waals surface area contributed by atoms with Gasteiger partial charge in [-0.25, -0.2) is 0 Å². The molecule has 0 bridgehead atoms. The number of benzene rings is 2. The molecule has 0 spiro atoms. The number of hydrogen-bond donors (Lipinski definition) is 5. The average Bonchev–Trinajstić information content (AvgIpc) is 4.13. The van der Waals surface area contributed by atoms with E-state index in [-0.39, 0.29) is 61.3 Å². The maximum Gasteiger partial charge on any atom is 0.268 e. The Kier molecular flexibility index (Phi) is 15.8. The van der Waals surface area contributed by atoms with E-state index in [4.69, 9.17) is 19.7 Å². The summed E-state index contributed by atoms with van der Waals surface area (Å²) >= 11 is 0. The number of β-amino-alcohol motifs (C(OH)–C–C–N with tert-alkyl or cyclic N) is 1. The van der Waals surface area contributed by atoms with Gasteiger partial charge in [-0.2, -0.15) is 0 Å². The number of aromatic amines is 1. The highest BCUT2D eigenvalue weighted by atomic mass is 16.5. The summed E-state index contributed by atoms with van der Waals surface area (Å²) in [5.74, 6) is -1.72. The number of amides is 6. The van der Waals surface area contributed by atoms with Gasteiger partial charge in [0.2, 0.25) is 29.5 Å². The molecule has 0 saturated carbocycles. The van der Waals surface area contributed by atoms with E-state index in [1.54, 1.807) is 35.2 Å². The van der Waals surface area contributed by atoms with E-state index in [0.29, 0.717) is 99.0 Å². The Morgan fingerprint density at radius 1 is 1.01 bits per heavy atom. The van der Waals surface area contributed by atoms with Crippen molar-refractivity contribution >= 4 is 52.6 Å². The number of primary amides is 1. The summed E-state index contributed by atoms with van der Waals surface area (Å²) in [5.41, 5.74) is 8.67. The first-order valence-electron chi connectivity index (χ1n) is 23.4. The van der Waals surface area contributed by atoms with Crippen LogP contribution in [0.25, 0.3) is 10.9 Å². The summed E-state index contributed by atoms with van der Waals surface area (Å²) in [6.07, 6.45) is 3.46. The molecule has 19 heteroatoms. The summed E-state index contributed by atoms with van der Waals surface area (Å²) in [6, 6.07) is 10.8. The molecule has 3 aliphatic rings. The molecule has 3 saturated heterocycles. The van der Waals surface area contributed by atoms with Crippen molar-refractivity contribution in [1.82, 2.24) is 35.5 Å². The third kappa shape index (κ3) is 11.7. The van der Waals surface area contributed by atoms with Crippen molar-refractivity contribution in [2.45, 2.75) is 115 Å². The second-order valence-corrected chi connectivity index (χ2v) is 18.4. The van der Waals surface area contributed by atoms with Crippen LogP contribution in [0.5, 0.6) is 11.6 Å². The van der Waals surface area contributed by atoms with Gasteiger partial charge in [-0.15, -0.1) is 0 Å². The molecule has 19 nitrogen and oxygen atoms in total. The van der Waals surface area contributed by atoms with Gasteiger partial charge in [0.05, 0.1) is 18.8 Å². The van der Waals surface area contributed by atoms with Gasteiger partial charge in [-0.05, 0) is 104 Å². The lowest BCUT2D eigenvalue weighted by atomic mass is 9.92. The number of ether oxygens (including phenoxy) is 2. The van der Waals surface area contributed by atoms with Crippen molar-refractivity contribution in [1.29, 1.82) is 0 Å².